The molecule has 0 saturated heterocycles. The Morgan fingerprint density at radius 3 is 2.67 bits per heavy atom. The van der Waals surface area contributed by atoms with Gasteiger partial charge in [0.1, 0.15) is 5.01 Å². The maximum absolute atomic E-state index is 5.32. The van der Waals surface area contributed by atoms with Gasteiger partial charge in [0.05, 0.1) is 12.8 Å². The number of aryl methyl sites for hydroxylation is 3. The van der Waals surface area contributed by atoms with E-state index in [9.17, 15) is 0 Å². The minimum Gasteiger partial charge on any atom is -0.486 e. The van der Waals surface area contributed by atoms with E-state index < -0.39 is 0 Å². The normalized spacial score (nSPS) is 14.3. The van der Waals surface area contributed by atoms with Crippen LogP contribution in [-0.2, 0) is 12.8 Å². The van der Waals surface area contributed by atoms with Crippen molar-refractivity contribution >= 4 is 11.3 Å². The van der Waals surface area contributed by atoms with E-state index in [1.54, 1.807) is 18.4 Å². The number of nitrogens with zero attached hydrogens (tertiary/aromatic N) is 1. The maximum Gasteiger partial charge on any atom is 0.197 e. The van der Waals surface area contributed by atoms with Crippen LogP contribution in [-0.4, -0.2) is 12.1 Å². The lowest BCUT2D eigenvalue weighted by atomic mass is 9.90. The van der Waals surface area contributed by atoms with Gasteiger partial charge in [-0.1, -0.05) is 23.5 Å². The molecule has 0 unspecified atom stereocenters. The monoisotopic (exact) mass is 259 g/mol. The van der Waals surface area contributed by atoms with Crippen LogP contribution in [0.3, 0.4) is 0 Å². The molecule has 0 N–H and O–H groups in total. The van der Waals surface area contributed by atoms with E-state index in [1.165, 1.54) is 42.4 Å². The van der Waals surface area contributed by atoms with Crippen LogP contribution in [0.5, 0.6) is 5.06 Å². The van der Waals surface area contributed by atoms with Gasteiger partial charge in [0.2, 0.25) is 0 Å². The Bertz CT molecular complexity index is 574. The van der Waals surface area contributed by atoms with Crippen LogP contribution in [0.25, 0.3) is 10.6 Å². The zero-order valence-corrected chi connectivity index (χ0v) is 11.6. The zero-order valence-electron chi connectivity index (χ0n) is 10.8. The van der Waals surface area contributed by atoms with Gasteiger partial charge in [-0.15, -0.1) is 0 Å². The predicted molar refractivity (Wildman–Crippen MR) is 75.5 cm³/mol. The smallest absolute Gasteiger partial charge is 0.197 e. The average molecular weight is 259 g/mol. The molecular weight excluding hydrogens is 242 g/mol. The van der Waals surface area contributed by atoms with Gasteiger partial charge < -0.3 is 4.74 Å². The number of ether oxygens (including phenoxy) is 1. The number of fused-ring (bicyclic) bond motifs is 1. The highest BCUT2D eigenvalue weighted by Gasteiger charge is 2.13. The Hall–Kier alpha value is -1.35. The Labute approximate surface area is 112 Å². The van der Waals surface area contributed by atoms with Crippen molar-refractivity contribution < 1.29 is 4.74 Å². The molecule has 1 aromatic carbocycles. The van der Waals surface area contributed by atoms with E-state index in [1.807, 2.05) is 6.92 Å². The molecule has 1 aliphatic carbocycles. The van der Waals surface area contributed by atoms with Crippen LogP contribution in [0.4, 0.5) is 0 Å². The third kappa shape index (κ3) is 2.03. The molecule has 0 spiro atoms. The molecule has 3 heteroatoms. The fraction of sp³-hybridized carbons (Fsp3) is 0.400. The summed E-state index contributed by atoms with van der Waals surface area (Å²) in [6.45, 7) is 2.00. The minimum atomic E-state index is 0.919. The summed E-state index contributed by atoms with van der Waals surface area (Å²) in [5, 5.41) is 1.99. The van der Waals surface area contributed by atoms with Crippen molar-refractivity contribution in [1.82, 2.24) is 4.98 Å². The third-order valence-corrected chi connectivity index (χ3v) is 4.70. The number of methoxy groups -OCH3 is 1. The summed E-state index contributed by atoms with van der Waals surface area (Å²) in [6, 6.07) is 6.78. The van der Waals surface area contributed by atoms with Crippen LogP contribution in [0.15, 0.2) is 18.2 Å². The molecule has 1 aliphatic rings. The lowest BCUT2D eigenvalue weighted by Gasteiger charge is -2.15. The van der Waals surface area contributed by atoms with Crippen molar-refractivity contribution in [3.8, 4) is 15.6 Å². The van der Waals surface area contributed by atoms with Crippen molar-refractivity contribution in [3.05, 3.63) is 35.0 Å². The van der Waals surface area contributed by atoms with E-state index >= 15 is 0 Å². The second-order valence-corrected chi connectivity index (χ2v) is 5.75. The minimum absolute atomic E-state index is 0.919. The highest BCUT2D eigenvalue weighted by molar-refractivity contribution is 7.17. The van der Waals surface area contributed by atoms with E-state index in [2.05, 4.69) is 23.2 Å². The Kier molecular flexibility index (Phi) is 3.08. The van der Waals surface area contributed by atoms with Crippen LogP contribution in [0.2, 0.25) is 0 Å². The summed E-state index contributed by atoms with van der Waals surface area (Å²) in [5.41, 5.74) is 5.23. The van der Waals surface area contributed by atoms with E-state index in [0.717, 1.165) is 15.8 Å². The zero-order chi connectivity index (χ0) is 12.5. The van der Waals surface area contributed by atoms with Crippen molar-refractivity contribution in [2.24, 2.45) is 0 Å². The molecule has 2 nitrogen and oxygen atoms in total. The lowest BCUT2D eigenvalue weighted by Crippen LogP contribution is -2.02. The summed E-state index contributed by atoms with van der Waals surface area (Å²) in [4.78, 5) is 4.59. The second kappa shape index (κ2) is 4.73. The molecule has 0 radical (unpaired) electrons. The quantitative estimate of drug-likeness (QED) is 0.813. The second-order valence-electron chi connectivity index (χ2n) is 4.79. The van der Waals surface area contributed by atoms with Crippen molar-refractivity contribution in [2.45, 2.75) is 32.6 Å². The van der Waals surface area contributed by atoms with Crippen LogP contribution < -0.4 is 4.74 Å². The van der Waals surface area contributed by atoms with Gasteiger partial charge in [0.15, 0.2) is 5.06 Å². The molecule has 2 aromatic rings. The summed E-state index contributed by atoms with van der Waals surface area (Å²) >= 11 is 1.63. The van der Waals surface area contributed by atoms with Gasteiger partial charge in [-0.3, -0.25) is 0 Å². The van der Waals surface area contributed by atoms with Gasteiger partial charge in [-0.05, 0) is 49.8 Å². The van der Waals surface area contributed by atoms with E-state index in [4.69, 9.17) is 4.74 Å². The standard InChI is InChI=1S/C15H17NOS/c1-10-15(17-2)18-14(16-10)13-8-7-11-5-3-4-6-12(11)9-13/h7-9H,3-6H2,1-2H3. The van der Waals surface area contributed by atoms with Crippen molar-refractivity contribution in [1.29, 1.82) is 0 Å². The molecule has 94 valence electrons. The van der Waals surface area contributed by atoms with Gasteiger partial charge in [0.25, 0.3) is 0 Å². The van der Waals surface area contributed by atoms with Gasteiger partial charge >= 0.3 is 0 Å². The molecule has 3 rings (SSSR count). The summed E-state index contributed by atoms with van der Waals surface area (Å²) in [5.74, 6) is 0. The molecule has 0 saturated carbocycles. The van der Waals surface area contributed by atoms with Crippen LogP contribution >= 0.6 is 11.3 Å². The topological polar surface area (TPSA) is 22.1 Å². The predicted octanol–water partition coefficient (Wildman–Crippen LogP) is 4.01. The fourth-order valence-electron chi connectivity index (χ4n) is 2.56. The summed E-state index contributed by atoms with van der Waals surface area (Å²) in [6.07, 6.45) is 5.09. The molecule has 1 aromatic heterocycles. The average Bonchev–Trinajstić information content (AvgIpc) is 2.79. The molecule has 0 amide bonds. The van der Waals surface area contributed by atoms with Crippen LogP contribution in [0.1, 0.15) is 29.7 Å². The van der Waals surface area contributed by atoms with E-state index in [-0.39, 0.29) is 0 Å². The molecule has 18 heavy (non-hydrogen) atoms. The largest absolute Gasteiger partial charge is 0.486 e. The number of benzene rings is 1. The molecule has 0 fully saturated rings. The van der Waals surface area contributed by atoms with Gasteiger partial charge in [-0.2, -0.15) is 0 Å². The van der Waals surface area contributed by atoms with E-state index in [0.29, 0.717) is 0 Å². The molecule has 1 heterocycles. The number of thiazole rings is 1. The fourth-order valence-corrected chi connectivity index (χ4v) is 3.44. The molecular formula is C15H17NOS. The summed E-state index contributed by atoms with van der Waals surface area (Å²) in [7, 11) is 1.71. The SMILES string of the molecule is COc1sc(-c2ccc3c(c2)CCCC3)nc1C. The Balaban J connectivity index is 2.00. The first-order chi connectivity index (χ1) is 8.78. The first-order valence-corrected chi connectivity index (χ1v) is 7.23. The Morgan fingerprint density at radius 2 is 1.94 bits per heavy atom. The first kappa shape index (κ1) is 11.7. The Morgan fingerprint density at radius 1 is 1.17 bits per heavy atom. The number of aromatic nitrogens is 1. The highest BCUT2D eigenvalue weighted by atomic mass is 32.1. The van der Waals surface area contributed by atoms with Gasteiger partial charge in [0, 0.05) is 5.56 Å². The third-order valence-electron chi connectivity index (χ3n) is 3.53. The summed E-state index contributed by atoms with van der Waals surface area (Å²) < 4.78 is 5.32. The maximum atomic E-state index is 5.32. The first-order valence-electron chi connectivity index (χ1n) is 6.41. The van der Waals surface area contributed by atoms with Gasteiger partial charge in [-0.25, -0.2) is 4.98 Å². The highest BCUT2D eigenvalue weighted by Crippen LogP contribution is 2.35. The number of hydrogen-bond donors (Lipinski definition) is 0. The lowest BCUT2D eigenvalue weighted by molar-refractivity contribution is 0.423. The number of hydrogen-bond acceptors (Lipinski definition) is 3. The van der Waals surface area contributed by atoms with Crippen LogP contribution in [0, 0.1) is 6.92 Å². The van der Waals surface area contributed by atoms with Crippen molar-refractivity contribution in [2.75, 3.05) is 7.11 Å². The molecule has 0 bridgehead atoms. The van der Waals surface area contributed by atoms with Crippen molar-refractivity contribution in [3.63, 3.8) is 0 Å². The molecule has 0 aliphatic heterocycles. The molecule has 0 atom stereocenters. The number of rotatable bonds is 2.